The molecule has 92 valence electrons. The quantitative estimate of drug-likeness (QED) is 0.855. The molecule has 6 heteroatoms. The zero-order valence-electron chi connectivity index (χ0n) is 9.91. The minimum absolute atomic E-state index is 0.207. The van der Waals surface area contributed by atoms with Crippen LogP contribution in [-0.2, 0) is 0 Å². The maximum Gasteiger partial charge on any atom is 0.338 e. The largest absolute Gasteiger partial charge is 0.478 e. The summed E-state index contributed by atoms with van der Waals surface area (Å²) in [6.07, 6.45) is 3.24. The second kappa shape index (κ2) is 5.14. The van der Waals surface area contributed by atoms with Gasteiger partial charge in [-0.1, -0.05) is 0 Å². The molecule has 0 fully saturated rings. The Morgan fingerprint density at radius 1 is 1.28 bits per heavy atom. The van der Waals surface area contributed by atoms with E-state index >= 15 is 0 Å². The molecule has 0 amide bonds. The van der Waals surface area contributed by atoms with Crippen LogP contribution in [0.15, 0.2) is 34.6 Å². The molecule has 0 spiro atoms. The minimum atomic E-state index is -0.988. The Balaban J connectivity index is 2.46. The molecule has 0 saturated heterocycles. The van der Waals surface area contributed by atoms with E-state index in [1.54, 1.807) is 31.5 Å². The van der Waals surface area contributed by atoms with E-state index < -0.39 is 5.97 Å². The zero-order chi connectivity index (χ0) is 13.1. The number of carbonyl (C=O) groups is 1. The molecule has 0 atom stereocenters. The van der Waals surface area contributed by atoms with Crippen LogP contribution in [-0.4, -0.2) is 26.0 Å². The fourth-order valence-electron chi connectivity index (χ4n) is 1.57. The second-order valence-electron chi connectivity index (χ2n) is 3.66. The summed E-state index contributed by atoms with van der Waals surface area (Å²) in [5, 5.41) is 9.74. The summed E-state index contributed by atoms with van der Waals surface area (Å²) in [5.74, 6) is -0.988. The minimum Gasteiger partial charge on any atom is -0.478 e. The molecule has 2 rings (SSSR count). The Morgan fingerprint density at radius 2 is 1.94 bits per heavy atom. The average Bonchev–Trinajstić information content (AvgIpc) is 2.28. The van der Waals surface area contributed by atoms with Crippen LogP contribution in [0.3, 0.4) is 0 Å². The Kier molecular flexibility index (Phi) is 3.57. The van der Waals surface area contributed by atoms with Crippen molar-refractivity contribution in [1.82, 2.24) is 15.0 Å². The first-order chi connectivity index (χ1) is 8.58. The first-order valence-corrected chi connectivity index (χ1v) is 6.06. The maximum absolute atomic E-state index is 11.2. The van der Waals surface area contributed by atoms with E-state index in [2.05, 4.69) is 15.0 Å². The van der Waals surface area contributed by atoms with Crippen molar-refractivity contribution >= 4 is 17.7 Å². The molecule has 0 unspecified atom stereocenters. The summed E-state index contributed by atoms with van der Waals surface area (Å²) >= 11 is 1.23. The van der Waals surface area contributed by atoms with Gasteiger partial charge in [0.1, 0.15) is 0 Å². The number of rotatable bonds is 3. The van der Waals surface area contributed by atoms with Gasteiger partial charge in [-0.15, -0.1) is 0 Å². The molecule has 0 bridgehead atoms. The van der Waals surface area contributed by atoms with Crippen molar-refractivity contribution < 1.29 is 9.90 Å². The highest BCUT2D eigenvalue weighted by Crippen LogP contribution is 2.29. The number of hydrogen-bond acceptors (Lipinski definition) is 5. The first kappa shape index (κ1) is 12.5. The molecule has 0 aliphatic rings. The van der Waals surface area contributed by atoms with Gasteiger partial charge in [-0.25, -0.2) is 14.8 Å². The molecule has 0 aromatic carbocycles. The molecule has 0 aliphatic heterocycles. The van der Waals surface area contributed by atoms with Crippen LogP contribution in [0.25, 0.3) is 0 Å². The Labute approximate surface area is 108 Å². The molecule has 18 heavy (non-hydrogen) atoms. The lowest BCUT2D eigenvalue weighted by atomic mass is 10.2. The smallest absolute Gasteiger partial charge is 0.338 e. The van der Waals surface area contributed by atoms with Gasteiger partial charge in [0.05, 0.1) is 11.3 Å². The molecule has 0 saturated carbocycles. The number of aryl methyl sites for hydroxylation is 2. The van der Waals surface area contributed by atoms with E-state index in [1.807, 2.05) is 6.92 Å². The van der Waals surface area contributed by atoms with Crippen LogP contribution in [0, 0.1) is 13.8 Å². The van der Waals surface area contributed by atoms with Crippen molar-refractivity contribution in [3.05, 3.63) is 41.5 Å². The van der Waals surface area contributed by atoms with Crippen molar-refractivity contribution in [3.8, 4) is 0 Å². The van der Waals surface area contributed by atoms with Crippen LogP contribution in [0.2, 0.25) is 0 Å². The highest BCUT2D eigenvalue weighted by molar-refractivity contribution is 7.99. The van der Waals surface area contributed by atoms with Gasteiger partial charge in [0.25, 0.3) is 0 Å². The average molecular weight is 261 g/mol. The SMILES string of the molecule is Cc1cc(Sc2ncccn2)c(C(=O)O)c(C)n1. The predicted octanol–water partition coefficient (Wildman–Crippen LogP) is 2.34. The summed E-state index contributed by atoms with van der Waals surface area (Å²) in [7, 11) is 0. The summed E-state index contributed by atoms with van der Waals surface area (Å²) in [4.78, 5) is 24.2. The second-order valence-corrected chi connectivity index (χ2v) is 4.67. The summed E-state index contributed by atoms with van der Waals surface area (Å²) in [6.45, 7) is 3.51. The summed E-state index contributed by atoms with van der Waals surface area (Å²) in [6, 6.07) is 3.45. The Hall–Kier alpha value is -1.95. The third kappa shape index (κ3) is 2.65. The van der Waals surface area contributed by atoms with Crippen LogP contribution < -0.4 is 0 Å². The third-order valence-electron chi connectivity index (χ3n) is 2.25. The number of aromatic nitrogens is 3. The van der Waals surface area contributed by atoms with Crippen molar-refractivity contribution in [1.29, 1.82) is 0 Å². The van der Waals surface area contributed by atoms with E-state index in [9.17, 15) is 9.90 Å². The molecular weight excluding hydrogens is 250 g/mol. The monoisotopic (exact) mass is 261 g/mol. The number of carboxylic acid groups (broad SMARTS) is 1. The van der Waals surface area contributed by atoms with Gasteiger partial charge in [0, 0.05) is 23.0 Å². The summed E-state index contributed by atoms with van der Waals surface area (Å²) < 4.78 is 0. The van der Waals surface area contributed by atoms with Crippen LogP contribution in [0.4, 0.5) is 0 Å². The van der Waals surface area contributed by atoms with Crippen molar-refractivity contribution in [3.63, 3.8) is 0 Å². The molecule has 5 nitrogen and oxygen atoms in total. The highest BCUT2D eigenvalue weighted by atomic mass is 32.2. The molecule has 1 N–H and O–H groups in total. The predicted molar refractivity (Wildman–Crippen MR) is 66.8 cm³/mol. The lowest BCUT2D eigenvalue weighted by molar-refractivity contribution is 0.0691. The van der Waals surface area contributed by atoms with E-state index in [0.717, 1.165) is 5.69 Å². The van der Waals surface area contributed by atoms with Crippen molar-refractivity contribution in [2.75, 3.05) is 0 Å². The van der Waals surface area contributed by atoms with Gasteiger partial charge >= 0.3 is 5.97 Å². The number of aromatic carboxylic acids is 1. The molecule has 0 aliphatic carbocycles. The third-order valence-corrected chi connectivity index (χ3v) is 3.18. The standard InChI is InChI=1S/C12H11N3O2S/c1-7-6-9(10(11(16)17)8(2)15-7)18-12-13-4-3-5-14-12/h3-6H,1-2H3,(H,16,17). The first-order valence-electron chi connectivity index (χ1n) is 5.24. The van der Waals surface area contributed by atoms with E-state index in [1.165, 1.54) is 11.8 Å². The normalized spacial score (nSPS) is 10.3. The van der Waals surface area contributed by atoms with Crippen molar-refractivity contribution in [2.24, 2.45) is 0 Å². The van der Waals surface area contributed by atoms with Crippen LogP contribution >= 0.6 is 11.8 Å². The molecular formula is C12H11N3O2S. The number of pyridine rings is 1. The fraction of sp³-hybridized carbons (Fsp3) is 0.167. The van der Waals surface area contributed by atoms with Crippen LogP contribution in [0.5, 0.6) is 0 Å². The molecule has 2 aromatic rings. The highest BCUT2D eigenvalue weighted by Gasteiger charge is 2.17. The van der Waals surface area contributed by atoms with E-state index in [0.29, 0.717) is 15.7 Å². The van der Waals surface area contributed by atoms with Gasteiger partial charge < -0.3 is 5.11 Å². The Bertz CT molecular complexity index is 587. The molecule has 2 aromatic heterocycles. The Morgan fingerprint density at radius 3 is 2.56 bits per heavy atom. The lowest BCUT2D eigenvalue weighted by Crippen LogP contribution is -2.05. The lowest BCUT2D eigenvalue weighted by Gasteiger charge is -2.08. The number of nitrogens with zero attached hydrogens (tertiary/aromatic N) is 3. The number of carboxylic acids is 1. The fourth-order valence-corrected chi connectivity index (χ4v) is 2.56. The zero-order valence-corrected chi connectivity index (χ0v) is 10.7. The van der Waals surface area contributed by atoms with Gasteiger partial charge in [-0.3, -0.25) is 4.98 Å². The van der Waals surface area contributed by atoms with Gasteiger partial charge in [0.2, 0.25) is 0 Å². The van der Waals surface area contributed by atoms with Gasteiger partial charge in [0.15, 0.2) is 5.16 Å². The van der Waals surface area contributed by atoms with Gasteiger partial charge in [-0.05, 0) is 37.7 Å². The molecule has 2 heterocycles. The summed E-state index contributed by atoms with van der Waals surface area (Å²) in [5.41, 5.74) is 1.48. The van der Waals surface area contributed by atoms with E-state index in [-0.39, 0.29) is 5.56 Å². The van der Waals surface area contributed by atoms with Crippen molar-refractivity contribution in [2.45, 2.75) is 23.9 Å². The van der Waals surface area contributed by atoms with E-state index in [4.69, 9.17) is 0 Å². The topological polar surface area (TPSA) is 76.0 Å². The van der Waals surface area contributed by atoms with Crippen LogP contribution in [0.1, 0.15) is 21.7 Å². The maximum atomic E-state index is 11.2. The van der Waals surface area contributed by atoms with Gasteiger partial charge in [-0.2, -0.15) is 0 Å². The number of hydrogen-bond donors (Lipinski definition) is 1. The molecule has 0 radical (unpaired) electrons.